The average molecular weight is 280 g/mol. The van der Waals surface area contributed by atoms with Crippen molar-refractivity contribution in [3.8, 4) is 0 Å². The Morgan fingerprint density at radius 2 is 1.63 bits per heavy atom. The van der Waals surface area contributed by atoms with E-state index in [1.807, 2.05) is 0 Å². The fourth-order valence-electron chi connectivity index (χ4n) is 4.29. The van der Waals surface area contributed by atoms with Crippen LogP contribution in [-0.2, 0) is 4.79 Å². The van der Waals surface area contributed by atoms with Gasteiger partial charge in [0, 0.05) is 5.92 Å². The van der Waals surface area contributed by atoms with Crippen molar-refractivity contribution in [3.05, 3.63) is 0 Å². The highest BCUT2D eigenvalue weighted by atomic mass is 32.1. The Kier molecular flexibility index (Phi) is 3.54. The fraction of sp³-hybridized carbons (Fsp3) is 0.867. The van der Waals surface area contributed by atoms with Gasteiger partial charge in [0.2, 0.25) is 5.91 Å². The van der Waals surface area contributed by atoms with Crippen LogP contribution in [0.1, 0.15) is 57.8 Å². The first-order chi connectivity index (χ1) is 9.14. The first kappa shape index (κ1) is 13.3. The van der Waals surface area contributed by atoms with Crippen LogP contribution in [0.15, 0.2) is 0 Å². The van der Waals surface area contributed by atoms with E-state index in [0.717, 1.165) is 25.7 Å². The molecule has 0 radical (unpaired) electrons. The molecule has 0 bridgehead atoms. The molecule has 3 nitrogen and oxygen atoms in total. The molecule has 106 valence electrons. The third-order valence-corrected chi connectivity index (χ3v) is 5.89. The van der Waals surface area contributed by atoms with Gasteiger partial charge >= 0.3 is 0 Å². The summed E-state index contributed by atoms with van der Waals surface area (Å²) in [5, 5.41) is 3.24. The molecule has 0 aromatic rings. The highest BCUT2D eigenvalue weighted by molar-refractivity contribution is 7.80. The predicted octanol–water partition coefficient (Wildman–Crippen LogP) is 2.53. The summed E-state index contributed by atoms with van der Waals surface area (Å²) in [5.41, 5.74) is 5.56. The molecule has 3 fully saturated rings. The Bertz CT molecular complexity index is 378. The van der Waals surface area contributed by atoms with Crippen LogP contribution in [0.5, 0.6) is 0 Å². The van der Waals surface area contributed by atoms with Crippen LogP contribution in [0, 0.1) is 17.8 Å². The molecule has 0 saturated heterocycles. The molecular weight excluding hydrogens is 256 g/mol. The normalized spacial score (nSPS) is 36.1. The molecule has 0 aliphatic heterocycles. The van der Waals surface area contributed by atoms with E-state index in [4.69, 9.17) is 18.0 Å². The van der Waals surface area contributed by atoms with Crippen molar-refractivity contribution in [3.63, 3.8) is 0 Å². The number of nitrogens with two attached hydrogens (primary N) is 1. The molecule has 0 aromatic heterocycles. The molecule has 3 N–H and O–H groups in total. The lowest BCUT2D eigenvalue weighted by molar-refractivity contribution is -0.124. The van der Waals surface area contributed by atoms with Gasteiger partial charge in [-0.15, -0.1) is 0 Å². The molecule has 19 heavy (non-hydrogen) atoms. The third kappa shape index (κ3) is 2.39. The number of carbonyl (C=O) groups is 1. The lowest BCUT2D eigenvalue weighted by atomic mass is 9.81. The number of hydrogen-bond donors (Lipinski definition) is 2. The van der Waals surface area contributed by atoms with Crippen molar-refractivity contribution in [2.45, 2.75) is 63.3 Å². The van der Waals surface area contributed by atoms with Crippen LogP contribution < -0.4 is 11.1 Å². The van der Waals surface area contributed by atoms with Crippen molar-refractivity contribution in [1.29, 1.82) is 0 Å². The average Bonchev–Trinajstić information content (AvgIpc) is 3.14. The predicted molar refractivity (Wildman–Crippen MR) is 79.7 cm³/mol. The molecule has 4 heteroatoms. The van der Waals surface area contributed by atoms with Gasteiger partial charge in [0.1, 0.15) is 0 Å². The van der Waals surface area contributed by atoms with Crippen LogP contribution in [0.25, 0.3) is 0 Å². The number of nitrogens with one attached hydrogen (secondary N) is 1. The molecule has 3 aliphatic carbocycles. The van der Waals surface area contributed by atoms with E-state index in [-0.39, 0.29) is 17.4 Å². The summed E-state index contributed by atoms with van der Waals surface area (Å²) in [7, 11) is 0. The Labute approximate surface area is 120 Å². The highest BCUT2D eigenvalue weighted by Gasteiger charge is 2.55. The first-order valence-electron chi connectivity index (χ1n) is 7.76. The molecule has 1 amide bonds. The minimum atomic E-state index is -0.379. The number of rotatable bonds is 3. The molecule has 2 atom stereocenters. The van der Waals surface area contributed by atoms with Crippen LogP contribution in [-0.4, -0.2) is 16.4 Å². The van der Waals surface area contributed by atoms with Crippen molar-refractivity contribution in [1.82, 2.24) is 5.32 Å². The standard InChI is InChI=1S/C15H24N2OS/c16-14(19)15(8-4-1-5-9-15)17-13(18)12-10-6-2-3-7-11(10)12/h10-12H,1-9H2,(H2,16,19)(H,17,18). The number of carbonyl (C=O) groups excluding carboxylic acids is 1. The largest absolute Gasteiger partial charge is 0.391 e. The maximum absolute atomic E-state index is 12.5. The first-order valence-corrected chi connectivity index (χ1v) is 8.17. The topological polar surface area (TPSA) is 55.1 Å². The van der Waals surface area contributed by atoms with E-state index < -0.39 is 0 Å². The molecule has 3 saturated carbocycles. The monoisotopic (exact) mass is 280 g/mol. The van der Waals surface area contributed by atoms with Gasteiger partial charge in [-0.2, -0.15) is 0 Å². The Hall–Kier alpha value is -0.640. The number of amides is 1. The zero-order valence-corrected chi connectivity index (χ0v) is 12.3. The summed E-state index contributed by atoms with van der Waals surface area (Å²) in [6.07, 6.45) is 10.4. The Morgan fingerprint density at radius 3 is 2.16 bits per heavy atom. The van der Waals surface area contributed by atoms with Crippen molar-refractivity contribution in [2.24, 2.45) is 23.5 Å². The van der Waals surface area contributed by atoms with Crippen molar-refractivity contribution < 1.29 is 4.79 Å². The molecule has 3 rings (SSSR count). The van der Waals surface area contributed by atoms with Gasteiger partial charge in [-0.1, -0.05) is 44.3 Å². The van der Waals surface area contributed by atoms with E-state index in [0.29, 0.717) is 16.8 Å². The maximum atomic E-state index is 12.5. The molecule has 0 aromatic carbocycles. The van der Waals surface area contributed by atoms with Gasteiger partial charge in [0.15, 0.2) is 0 Å². The zero-order valence-electron chi connectivity index (χ0n) is 11.5. The van der Waals surface area contributed by atoms with E-state index in [2.05, 4.69) is 5.32 Å². The van der Waals surface area contributed by atoms with Crippen LogP contribution in [0.2, 0.25) is 0 Å². The summed E-state index contributed by atoms with van der Waals surface area (Å²) in [6.45, 7) is 0. The van der Waals surface area contributed by atoms with Gasteiger partial charge in [0.05, 0.1) is 10.5 Å². The summed E-state index contributed by atoms with van der Waals surface area (Å²) < 4.78 is 0. The SMILES string of the molecule is NC(=S)C1(NC(=O)C2C3CCCCC32)CCCCC1. The highest BCUT2D eigenvalue weighted by Crippen LogP contribution is 2.55. The van der Waals surface area contributed by atoms with Gasteiger partial charge in [-0.3, -0.25) is 4.79 Å². The van der Waals surface area contributed by atoms with Crippen molar-refractivity contribution in [2.75, 3.05) is 0 Å². The molecular formula is C15H24N2OS. The smallest absolute Gasteiger partial charge is 0.224 e. The number of hydrogen-bond acceptors (Lipinski definition) is 2. The summed E-state index contributed by atoms with van der Waals surface area (Å²) in [6, 6.07) is 0. The van der Waals surface area contributed by atoms with Crippen LogP contribution in [0.4, 0.5) is 0 Å². The second kappa shape index (κ2) is 5.04. The maximum Gasteiger partial charge on any atom is 0.224 e. The quantitative estimate of drug-likeness (QED) is 0.781. The minimum absolute atomic E-state index is 0.228. The van der Waals surface area contributed by atoms with Gasteiger partial charge in [-0.05, 0) is 37.5 Å². The summed E-state index contributed by atoms with van der Waals surface area (Å²) in [5.74, 6) is 1.80. The Morgan fingerprint density at radius 1 is 1.05 bits per heavy atom. The van der Waals surface area contributed by atoms with Crippen LogP contribution >= 0.6 is 12.2 Å². The van der Waals surface area contributed by atoms with Gasteiger partial charge < -0.3 is 11.1 Å². The zero-order chi connectivity index (χ0) is 13.5. The molecule has 2 unspecified atom stereocenters. The van der Waals surface area contributed by atoms with Crippen molar-refractivity contribution >= 4 is 23.1 Å². The number of fused-ring (bicyclic) bond motifs is 1. The van der Waals surface area contributed by atoms with Gasteiger partial charge in [-0.25, -0.2) is 0 Å². The lowest BCUT2D eigenvalue weighted by Crippen LogP contribution is -2.58. The fourth-order valence-corrected chi connectivity index (χ4v) is 4.54. The summed E-state index contributed by atoms with van der Waals surface area (Å²) in [4.78, 5) is 13.0. The van der Waals surface area contributed by atoms with E-state index >= 15 is 0 Å². The molecule has 0 heterocycles. The molecule has 0 spiro atoms. The molecule has 3 aliphatic rings. The van der Waals surface area contributed by atoms with E-state index in [1.54, 1.807) is 0 Å². The van der Waals surface area contributed by atoms with Gasteiger partial charge in [0.25, 0.3) is 0 Å². The number of thiocarbonyl (C=S) groups is 1. The van der Waals surface area contributed by atoms with E-state index in [9.17, 15) is 4.79 Å². The van der Waals surface area contributed by atoms with E-state index in [1.165, 1.54) is 32.1 Å². The Balaban J connectivity index is 1.65. The third-order valence-electron chi connectivity index (χ3n) is 5.50. The van der Waals surface area contributed by atoms with Crippen LogP contribution in [0.3, 0.4) is 0 Å². The second-order valence-corrected chi connectivity index (χ2v) is 7.07. The second-order valence-electron chi connectivity index (χ2n) is 6.63. The minimum Gasteiger partial charge on any atom is -0.391 e. The lowest BCUT2D eigenvalue weighted by Gasteiger charge is -2.37. The summed E-state index contributed by atoms with van der Waals surface area (Å²) >= 11 is 5.24.